The van der Waals surface area contributed by atoms with Gasteiger partial charge in [0.25, 0.3) is 17.4 Å². The van der Waals surface area contributed by atoms with E-state index in [0.717, 1.165) is 17.8 Å². The van der Waals surface area contributed by atoms with Crippen LogP contribution in [0.15, 0.2) is 23.0 Å². The molecule has 0 aliphatic rings. The number of aryl methyl sites for hydroxylation is 3. The van der Waals surface area contributed by atoms with Crippen molar-refractivity contribution in [3.8, 4) is 0 Å². The van der Waals surface area contributed by atoms with Crippen molar-refractivity contribution in [3.63, 3.8) is 0 Å². The number of hydrogen-bond acceptors (Lipinski definition) is 5. The Labute approximate surface area is 138 Å². The molecule has 24 heavy (non-hydrogen) atoms. The molecule has 0 unspecified atom stereocenters. The summed E-state index contributed by atoms with van der Waals surface area (Å²) < 4.78 is 2.75. The summed E-state index contributed by atoms with van der Waals surface area (Å²) in [5.74, 6) is -1.02. The molecule has 2 rings (SSSR count). The van der Waals surface area contributed by atoms with Gasteiger partial charge in [0.2, 0.25) is 0 Å². The Morgan fingerprint density at radius 3 is 2.50 bits per heavy atom. The molecule has 0 bridgehead atoms. The van der Waals surface area contributed by atoms with Gasteiger partial charge in [-0.15, -0.1) is 0 Å². The lowest BCUT2D eigenvalue weighted by Gasteiger charge is -2.09. The second-order valence-electron chi connectivity index (χ2n) is 5.37. The first-order valence-electron chi connectivity index (χ1n) is 7.59. The van der Waals surface area contributed by atoms with Crippen molar-refractivity contribution in [2.45, 2.75) is 40.3 Å². The second kappa shape index (κ2) is 7.53. The number of amides is 2. The zero-order chi connectivity index (χ0) is 17.7. The van der Waals surface area contributed by atoms with E-state index in [-0.39, 0.29) is 17.8 Å². The fraction of sp³-hybridized carbons (Fsp3) is 0.400. The number of carbonyl (C=O) groups is 2. The Morgan fingerprint density at radius 1 is 1.12 bits per heavy atom. The average Bonchev–Trinajstić information content (AvgIpc) is 2.85. The SMILES string of the molecule is CCCn1nc(C(=O)NNC(=O)Cn2nc(C)cc2C)ccc1=O. The van der Waals surface area contributed by atoms with Crippen molar-refractivity contribution < 1.29 is 9.59 Å². The molecule has 0 radical (unpaired) electrons. The summed E-state index contributed by atoms with van der Waals surface area (Å²) in [6, 6.07) is 4.44. The van der Waals surface area contributed by atoms with E-state index in [1.807, 2.05) is 26.8 Å². The van der Waals surface area contributed by atoms with Crippen LogP contribution in [0.1, 0.15) is 35.2 Å². The fourth-order valence-corrected chi connectivity index (χ4v) is 2.14. The molecular weight excluding hydrogens is 312 g/mol. The van der Waals surface area contributed by atoms with E-state index in [4.69, 9.17) is 0 Å². The summed E-state index contributed by atoms with van der Waals surface area (Å²) in [6.07, 6.45) is 0.720. The van der Waals surface area contributed by atoms with Crippen molar-refractivity contribution in [3.05, 3.63) is 45.6 Å². The third-order valence-electron chi connectivity index (χ3n) is 3.25. The van der Waals surface area contributed by atoms with Crippen LogP contribution < -0.4 is 16.4 Å². The molecule has 0 aliphatic carbocycles. The van der Waals surface area contributed by atoms with Crippen molar-refractivity contribution >= 4 is 11.8 Å². The van der Waals surface area contributed by atoms with Crippen LogP contribution >= 0.6 is 0 Å². The van der Waals surface area contributed by atoms with Gasteiger partial charge in [-0.25, -0.2) is 4.68 Å². The minimum absolute atomic E-state index is 0.0112. The maximum absolute atomic E-state index is 12.0. The van der Waals surface area contributed by atoms with Crippen molar-refractivity contribution in [2.75, 3.05) is 0 Å². The Balaban J connectivity index is 1.95. The van der Waals surface area contributed by atoms with Gasteiger partial charge in [0.15, 0.2) is 5.69 Å². The zero-order valence-corrected chi connectivity index (χ0v) is 13.9. The second-order valence-corrected chi connectivity index (χ2v) is 5.37. The highest BCUT2D eigenvalue weighted by atomic mass is 16.2. The smallest absolute Gasteiger partial charge is 0.271 e. The first-order chi connectivity index (χ1) is 11.4. The van der Waals surface area contributed by atoms with Gasteiger partial charge in [-0.05, 0) is 32.4 Å². The standard InChI is InChI=1S/C15H20N6O3/c1-4-7-20-14(23)6-5-12(19-20)15(24)17-16-13(22)9-21-11(3)8-10(2)18-21/h5-6,8H,4,7,9H2,1-3H3,(H,16,22)(H,17,24). The van der Waals surface area contributed by atoms with Gasteiger partial charge in [0.1, 0.15) is 6.54 Å². The van der Waals surface area contributed by atoms with Crippen LogP contribution in [-0.2, 0) is 17.9 Å². The predicted molar refractivity (Wildman–Crippen MR) is 86.1 cm³/mol. The molecule has 0 saturated heterocycles. The van der Waals surface area contributed by atoms with Crippen LogP contribution in [0.2, 0.25) is 0 Å². The van der Waals surface area contributed by atoms with Crippen LogP contribution in [-0.4, -0.2) is 31.4 Å². The maximum Gasteiger partial charge on any atom is 0.290 e. The van der Waals surface area contributed by atoms with E-state index < -0.39 is 11.8 Å². The van der Waals surface area contributed by atoms with Gasteiger partial charge in [-0.1, -0.05) is 6.92 Å². The van der Waals surface area contributed by atoms with Gasteiger partial charge in [0.05, 0.1) is 5.69 Å². The van der Waals surface area contributed by atoms with Crippen molar-refractivity contribution in [2.24, 2.45) is 0 Å². The lowest BCUT2D eigenvalue weighted by molar-refractivity contribution is -0.122. The normalized spacial score (nSPS) is 10.5. The van der Waals surface area contributed by atoms with E-state index in [1.165, 1.54) is 21.5 Å². The van der Waals surface area contributed by atoms with E-state index >= 15 is 0 Å². The number of aromatic nitrogens is 4. The Bertz CT molecular complexity index is 808. The first-order valence-corrected chi connectivity index (χ1v) is 7.59. The number of hydrazine groups is 1. The molecule has 0 atom stereocenters. The molecule has 0 fully saturated rings. The highest BCUT2D eigenvalue weighted by Crippen LogP contribution is 2.00. The predicted octanol–water partition coefficient (Wildman–Crippen LogP) is -0.0722. The Morgan fingerprint density at radius 2 is 1.88 bits per heavy atom. The minimum atomic E-state index is -0.596. The zero-order valence-electron chi connectivity index (χ0n) is 13.9. The van der Waals surface area contributed by atoms with Gasteiger partial charge < -0.3 is 0 Å². The summed E-state index contributed by atoms with van der Waals surface area (Å²) >= 11 is 0. The number of rotatable bonds is 5. The summed E-state index contributed by atoms with van der Waals surface area (Å²) in [7, 11) is 0. The first kappa shape index (κ1) is 17.4. The molecule has 0 saturated carbocycles. The lowest BCUT2D eigenvalue weighted by Crippen LogP contribution is -2.44. The highest BCUT2D eigenvalue weighted by Gasteiger charge is 2.12. The molecule has 2 N–H and O–H groups in total. The monoisotopic (exact) mass is 332 g/mol. The summed E-state index contributed by atoms with van der Waals surface area (Å²) in [5, 5.41) is 8.13. The van der Waals surface area contributed by atoms with Crippen molar-refractivity contribution in [1.82, 2.24) is 30.4 Å². The fourth-order valence-electron chi connectivity index (χ4n) is 2.14. The molecule has 2 amide bonds. The van der Waals surface area contributed by atoms with Crippen LogP contribution in [0.25, 0.3) is 0 Å². The van der Waals surface area contributed by atoms with E-state index in [2.05, 4.69) is 21.0 Å². The summed E-state index contributed by atoms with van der Waals surface area (Å²) in [6.45, 7) is 5.99. The van der Waals surface area contributed by atoms with Gasteiger partial charge in [0, 0.05) is 18.3 Å². The van der Waals surface area contributed by atoms with Crippen LogP contribution in [0.3, 0.4) is 0 Å². The minimum Gasteiger partial charge on any atom is -0.271 e. The molecule has 2 aromatic heterocycles. The van der Waals surface area contributed by atoms with Crippen molar-refractivity contribution in [1.29, 1.82) is 0 Å². The average molecular weight is 332 g/mol. The topological polar surface area (TPSA) is 111 Å². The summed E-state index contributed by atoms with van der Waals surface area (Å²) in [5.41, 5.74) is 6.02. The van der Waals surface area contributed by atoms with Gasteiger partial charge in [-0.3, -0.25) is 29.9 Å². The molecule has 128 valence electrons. The largest absolute Gasteiger partial charge is 0.290 e. The molecule has 9 heteroatoms. The molecular formula is C15H20N6O3. The molecule has 0 spiro atoms. The molecule has 0 aliphatic heterocycles. The number of carbonyl (C=O) groups excluding carboxylic acids is 2. The summed E-state index contributed by atoms with van der Waals surface area (Å²) in [4.78, 5) is 35.5. The maximum atomic E-state index is 12.0. The lowest BCUT2D eigenvalue weighted by atomic mass is 10.3. The van der Waals surface area contributed by atoms with E-state index in [1.54, 1.807) is 0 Å². The molecule has 9 nitrogen and oxygen atoms in total. The number of nitrogens with zero attached hydrogens (tertiary/aromatic N) is 4. The molecule has 2 heterocycles. The third kappa shape index (κ3) is 4.28. The van der Waals surface area contributed by atoms with Crippen LogP contribution in [0.4, 0.5) is 0 Å². The highest BCUT2D eigenvalue weighted by molar-refractivity contribution is 5.93. The Hall–Kier alpha value is -2.97. The third-order valence-corrected chi connectivity index (χ3v) is 3.25. The molecule has 0 aromatic carbocycles. The van der Waals surface area contributed by atoms with Crippen LogP contribution in [0, 0.1) is 13.8 Å². The van der Waals surface area contributed by atoms with E-state index in [0.29, 0.717) is 6.54 Å². The number of hydrogen-bond donors (Lipinski definition) is 2. The number of nitrogens with one attached hydrogen (secondary N) is 2. The molecule has 2 aromatic rings. The van der Waals surface area contributed by atoms with Crippen LogP contribution in [0.5, 0.6) is 0 Å². The Kier molecular flexibility index (Phi) is 5.46. The van der Waals surface area contributed by atoms with Gasteiger partial charge >= 0.3 is 0 Å². The van der Waals surface area contributed by atoms with E-state index in [9.17, 15) is 14.4 Å². The van der Waals surface area contributed by atoms with Gasteiger partial charge in [-0.2, -0.15) is 10.2 Å². The quantitative estimate of drug-likeness (QED) is 0.745.